The average molecular weight is 241 g/mol. The molecule has 0 heterocycles. The molecule has 0 aliphatic rings. The van der Waals surface area contributed by atoms with Gasteiger partial charge in [0.15, 0.2) is 9.84 Å². The zero-order valence-electron chi connectivity index (χ0n) is 10.0. The van der Waals surface area contributed by atoms with E-state index in [1.54, 1.807) is 26.0 Å². The molecule has 0 spiro atoms. The highest BCUT2D eigenvalue weighted by Crippen LogP contribution is 2.16. The van der Waals surface area contributed by atoms with Gasteiger partial charge in [0, 0.05) is 0 Å². The molecule has 3 nitrogen and oxygen atoms in total. The van der Waals surface area contributed by atoms with E-state index in [2.05, 4.69) is 5.32 Å². The van der Waals surface area contributed by atoms with Crippen LogP contribution in [0.1, 0.15) is 19.4 Å². The third kappa shape index (κ3) is 3.06. The van der Waals surface area contributed by atoms with E-state index in [9.17, 15) is 8.42 Å². The van der Waals surface area contributed by atoms with Crippen molar-refractivity contribution in [2.45, 2.75) is 30.4 Å². The van der Waals surface area contributed by atoms with Crippen molar-refractivity contribution in [2.24, 2.45) is 0 Å². The highest BCUT2D eigenvalue weighted by Gasteiger charge is 2.18. The smallest absolute Gasteiger partial charge is 0.180 e. The molecule has 16 heavy (non-hydrogen) atoms. The van der Waals surface area contributed by atoms with Crippen molar-refractivity contribution in [3.05, 3.63) is 29.8 Å². The number of benzene rings is 1. The molecule has 0 aliphatic heterocycles. The number of likely N-dealkylation sites (N-methyl/N-ethyl adjacent to an activating group) is 1. The summed E-state index contributed by atoms with van der Waals surface area (Å²) in [6, 6.07) is 7.15. The lowest BCUT2D eigenvalue weighted by molar-refractivity contribution is 0.587. The van der Waals surface area contributed by atoms with E-state index in [4.69, 9.17) is 0 Å². The van der Waals surface area contributed by atoms with Gasteiger partial charge in [-0.15, -0.1) is 0 Å². The maximum atomic E-state index is 11.8. The van der Waals surface area contributed by atoms with Crippen molar-refractivity contribution in [3.8, 4) is 0 Å². The van der Waals surface area contributed by atoms with E-state index in [1.165, 1.54) is 0 Å². The van der Waals surface area contributed by atoms with Crippen LogP contribution < -0.4 is 5.32 Å². The molecule has 1 aromatic rings. The average Bonchev–Trinajstić information content (AvgIpc) is 2.26. The van der Waals surface area contributed by atoms with Gasteiger partial charge in [-0.05, 0) is 51.6 Å². The second kappa shape index (κ2) is 5.46. The molecule has 0 atom stereocenters. The van der Waals surface area contributed by atoms with Gasteiger partial charge in [0.05, 0.1) is 10.1 Å². The Labute approximate surface area is 97.8 Å². The zero-order valence-corrected chi connectivity index (χ0v) is 10.8. The third-order valence-electron chi connectivity index (χ3n) is 2.54. The number of hydrogen-bond donors (Lipinski definition) is 1. The highest BCUT2D eigenvalue weighted by molar-refractivity contribution is 7.92. The fraction of sp³-hybridized carbons (Fsp3) is 0.500. The second-order valence-corrected chi connectivity index (χ2v) is 6.60. The minimum Gasteiger partial charge on any atom is -0.319 e. The Kier molecular flexibility index (Phi) is 4.50. The van der Waals surface area contributed by atoms with Crippen molar-refractivity contribution < 1.29 is 8.42 Å². The van der Waals surface area contributed by atoms with Gasteiger partial charge in [-0.3, -0.25) is 0 Å². The lowest BCUT2D eigenvalue weighted by atomic mass is 10.1. The molecule has 1 N–H and O–H groups in total. The van der Waals surface area contributed by atoms with Crippen molar-refractivity contribution in [1.29, 1.82) is 0 Å². The maximum Gasteiger partial charge on any atom is 0.180 e. The van der Waals surface area contributed by atoms with E-state index in [0.29, 0.717) is 4.90 Å². The summed E-state index contributed by atoms with van der Waals surface area (Å²) in [4.78, 5) is 0.413. The summed E-state index contributed by atoms with van der Waals surface area (Å²) in [7, 11) is -1.23. The molecule has 0 aliphatic carbocycles. The molecule has 0 aromatic heterocycles. The number of rotatable bonds is 5. The van der Waals surface area contributed by atoms with E-state index in [-0.39, 0.29) is 5.25 Å². The molecule has 0 fully saturated rings. The number of hydrogen-bond acceptors (Lipinski definition) is 3. The molecule has 0 saturated carbocycles. The van der Waals surface area contributed by atoms with Crippen LogP contribution in [0.15, 0.2) is 29.2 Å². The Morgan fingerprint density at radius 1 is 1.19 bits per heavy atom. The van der Waals surface area contributed by atoms with Crippen molar-refractivity contribution >= 4 is 9.84 Å². The van der Waals surface area contributed by atoms with Gasteiger partial charge < -0.3 is 5.32 Å². The first kappa shape index (κ1) is 13.2. The molecular weight excluding hydrogens is 222 g/mol. The van der Waals surface area contributed by atoms with Gasteiger partial charge in [0.1, 0.15) is 0 Å². The largest absolute Gasteiger partial charge is 0.319 e. The van der Waals surface area contributed by atoms with Gasteiger partial charge in [-0.2, -0.15) is 0 Å². The van der Waals surface area contributed by atoms with Gasteiger partial charge in [0.25, 0.3) is 0 Å². The third-order valence-corrected chi connectivity index (χ3v) is 4.71. The Bertz CT molecular complexity index is 421. The van der Waals surface area contributed by atoms with Gasteiger partial charge in [-0.25, -0.2) is 8.42 Å². The summed E-state index contributed by atoms with van der Waals surface area (Å²) >= 11 is 0. The highest BCUT2D eigenvalue weighted by atomic mass is 32.2. The Morgan fingerprint density at radius 2 is 1.75 bits per heavy atom. The van der Waals surface area contributed by atoms with Crippen LogP contribution in [0.4, 0.5) is 0 Å². The zero-order chi connectivity index (χ0) is 12.2. The Hall–Kier alpha value is -0.870. The lowest BCUT2D eigenvalue weighted by Crippen LogP contribution is -2.14. The van der Waals surface area contributed by atoms with Gasteiger partial charge in [-0.1, -0.05) is 12.1 Å². The normalized spacial score (nSPS) is 12.0. The van der Waals surface area contributed by atoms with Crippen LogP contribution >= 0.6 is 0 Å². The molecule has 0 amide bonds. The predicted octanol–water partition coefficient (Wildman–Crippen LogP) is 1.63. The maximum absolute atomic E-state index is 11.8. The molecule has 1 rings (SSSR count). The first-order chi connectivity index (χ1) is 7.48. The molecule has 0 unspecified atom stereocenters. The summed E-state index contributed by atoms with van der Waals surface area (Å²) in [5, 5.41) is 2.70. The van der Waals surface area contributed by atoms with Gasteiger partial charge >= 0.3 is 0 Å². The standard InChI is InChI=1S/C12H19NO2S/c1-10(2)16(14,15)12-6-4-11(5-7-12)8-9-13-3/h4-7,10,13H,8-9H2,1-3H3. The number of nitrogens with one attached hydrogen (secondary N) is 1. The van der Waals surface area contributed by atoms with Crippen LogP contribution in [0.25, 0.3) is 0 Å². The summed E-state index contributed by atoms with van der Waals surface area (Å²) in [6.45, 7) is 4.30. The second-order valence-electron chi connectivity index (χ2n) is 4.09. The van der Waals surface area contributed by atoms with E-state index < -0.39 is 9.84 Å². The fourth-order valence-corrected chi connectivity index (χ4v) is 2.45. The fourth-order valence-electron chi connectivity index (χ4n) is 1.39. The topological polar surface area (TPSA) is 46.2 Å². The van der Waals surface area contributed by atoms with Crippen molar-refractivity contribution in [2.75, 3.05) is 13.6 Å². The molecule has 90 valence electrons. The first-order valence-electron chi connectivity index (χ1n) is 5.46. The Morgan fingerprint density at radius 3 is 2.19 bits per heavy atom. The van der Waals surface area contributed by atoms with Crippen LogP contribution in [0.3, 0.4) is 0 Å². The monoisotopic (exact) mass is 241 g/mol. The predicted molar refractivity (Wildman–Crippen MR) is 66.4 cm³/mol. The van der Waals surface area contributed by atoms with Crippen molar-refractivity contribution in [3.63, 3.8) is 0 Å². The lowest BCUT2D eigenvalue weighted by Gasteiger charge is -2.08. The minimum atomic E-state index is -3.13. The van der Waals surface area contributed by atoms with E-state index in [0.717, 1.165) is 18.5 Å². The molecular formula is C12H19NO2S. The molecule has 0 radical (unpaired) electrons. The van der Waals surface area contributed by atoms with E-state index in [1.807, 2.05) is 19.2 Å². The first-order valence-corrected chi connectivity index (χ1v) is 7.00. The summed E-state index contributed by atoms with van der Waals surface area (Å²) in [5.74, 6) is 0. The van der Waals surface area contributed by atoms with Crippen LogP contribution in [0.5, 0.6) is 0 Å². The van der Waals surface area contributed by atoms with Crippen LogP contribution in [-0.4, -0.2) is 27.3 Å². The van der Waals surface area contributed by atoms with E-state index >= 15 is 0 Å². The molecule has 0 saturated heterocycles. The molecule has 1 aromatic carbocycles. The minimum absolute atomic E-state index is 0.365. The Balaban J connectivity index is 2.87. The SMILES string of the molecule is CNCCc1ccc(S(=O)(=O)C(C)C)cc1. The van der Waals surface area contributed by atoms with Crippen LogP contribution in [0, 0.1) is 0 Å². The van der Waals surface area contributed by atoms with Gasteiger partial charge in [0.2, 0.25) is 0 Å². The van der Waals surface area contributed by atoms with Crippen LogP contribution in [0.2, 0.25) is 0 Å². The summed E-state index contributed by atoms with van der Waals surface area (Å²) < 4.78 is 23.7. The van der Waals surface area contributed by atoms with Crippen molar-refractivity contribution in [1.82, 2.24) is 5.32 Å². The van der Waals surface area contributed by atoms with Crippen LogP contribution in [-0.2, 0) is 16.3 Å². The molecule has 0 bridgehead atoms. The molecule has 4 heteroatoms. The number of sulfone groups is 1. The summed E-state index contributed by atoms with van der Waals surface area (Å²) in [5.41, 5.74) is 1.15. The summed E-state index contributed by atoms with van der Waals surface area (Å²) in [6.07, 6.45) is 0.915. The quantitative estimate of drug-likeness (QED) is 0.852.